The van der Waals surface area contributed by atoms with Crippen LogP contribution >= 0.6 is 23.2 Å². The minimum Gasteiger partial charge on any atom is -0.493 e. The highest BCUT2D eigenvalue weighted by molar-refractivity contribution is 6.35. The first kappa shape index (κ1) is 22.4. The molecule has 0 aromatic heterocycles. The maximum absolute atomic E-state index is 6.27. The largest absolute Gasteiger partial charge is 0.493 e. The van der Waals surface area contributed by atoms with Crippen molar-refractivity contribution >= 4 is 23.2 Å². The summed E-state index contributed by atoms with van der Waals surface area (Å²) >= 11 is 12.3. The molecule has 0 saturated heterocycles. The minimum atomic E-state index is 0.368. The van der Waals surface area contributed by atoms with Gasteiger partial charge in [-0.15, -0.1) is 0 Å². The van der Waals surface area contributed by atoms with Crippen LogP contribution in [0.2, 0.25) is 10.0 Å². The third-order valence-electron chi connectivity index (χ3n) is 8.24. The molecule has 0 amide bonds. The maximum Gasteiger partial charge on any atom is 0.161 e. The van der Waals surface area contributed by atoms with Crippen LogP contribution in [-0.2, 0) is 13.2 Å². The molecule has 4 saturated carbocycles. The molecule has 1 atom stereocenters. The van der Waals surface area contributed by atoms with E-state index in [1.807, 2.05) is 18.2 Å². The smallest absolute Gasteiger partial charge is 0.161 e. The zero-order chi connectivity index (χ0) is 22.3. The fourth-order valence-corrected chi connectivity index (χ4v) is 7.39. The van der Waals surface area contributed by atoms with Gasteiger partial charge in [0.15, 0.2) is 11.5 Å². The fourth-order valence-electron chi connectivity index (χ4n) is 6.93. The molecular formula is C27H33Cl2NO2. The molecule has 4 bridgehead atoms. The zero-order valence-corrected chi connectivity index (χ0v) is 20.5. The molecule has 4 aliphatic carbocycles. The van der Waals surface area contributed by atoms with E-state index < -0.39 is 0 Å². The molecule has 6 rings (SSSR count). The molecule has 5 heteroatoms. The molecule has 0 radical (unpaired) electrons. The Morgan fingerprint density at radius 1 is 0.969 bits per heavy atom. The summed E-state index contributed by atoms with van der Waals surface area (Å²) in [5.41, 5.74) is 2.63. The second-order valence-corrected chi connectivity index (χ2v) is 11.2. The summed E-state index contributed by atoms with van der Waals surface area (Å²) in [6, 6.07) is 12.2. The van der Waals surface area contributed by atoms with Crippen LogP contribution in [0.5, 0.6) is 11.5 Å². The molecule has 0 unspecified atom stereocenters. The Balaban J connectivity index is 1.21. The van der Waals surface area contributed by atoms with Crippen molar-refractivity contribution in [3.8, 4) is 11.5 Å². The van der Waals surface area contributed by atoms with Crippen molar-refractivity contribution in [1.82, 2.24) is 5.32 Å². The first-order valence-electron chi connectivity index (χ1n) is 11.9. The molecule has 172 valence electrons. The fraction of sp³-hybridized carbons (Fsp3) is 0.556. The van der Waals surface area contributed by atoms with Crippen LogP contribution < -0.4 is 14.8 Å². The third-order valence-corrected chi connectivity index (χ3v) is 8.83. The topological polar surface area (TPSA) is 30.5 Å². The SMILES string of the molecule is COc1cc(CN[C@@H](C)C23CC4CC(CC(C4)C2)C3)ccc1OCc1ccc(Cl)cc1Cl. The van der Waals surface area contributed by atoms with Gasteiger partial charge >= 0.3 is 0 Å². The van der Waals surface area contributed by atoms with Gasteiger partial charge < -0.3 is 14.8 Å². The lowest BCUT2D eigenvalue weighted by molar-refractivity contribution is -0.0706. The normalized spacial score (nSPS) is 29.2. The van der Waals surface area contributed by atoms with Gasteiger partial charge in [0.1, 0.15) is 6.61 Å². The van der Waals surface area contributed by atoms with Gasteiger partial charge in [-0.1, -0.05) is 35.3 Å². The van der Waals surface area contributed by atoms with Crippen molar-refractivity contribution in [2.75, 3.05) is 7.11 Å². The number of methoxy groups -OCH3 is 1. The van der Waals surface area contributed by atoms with Crippen molar-refractivity contribution in [1.29, 1.82) is 0 Å². The van der Waals surface area contributed by atoms with Gasteiger partial charge in [-0.05, 0) is 98.4 Å². The summed E-state index contributed by atoms with van der Waals surface area (Å²) in [5, 5.41) is 5.10. The molecule has 2 aromatic rings. The summed E-state index contributed by atoms with van der Waals surface area (Å²) in [4.78, 5) is 0. The van der Waals surface area contributed by atoms with E-state index in [0.29, 0.717) is 28.1 Å². The highest BCUT2D eigenvalue weighted by Crippen LogP contribution is 2.61. The third kappa shape index (κ3) is 4.49. The Morgan fingerprint density at radius 3 is 2.28 bits per heavy atom. The van der Waals surface area contributed by atoms with E-state index in [4.69, 9.17) is 32.7 Å². The van der Waals surface area contributed by atoms with E-state index in [1.165, 1.54) is 44.1 Å². The molecular weight excluding hydrogens is 441 g/mol. The van der Waals surface area contributed by atoms with E-state index in [9.17, 15) is 0 Å². The van der Waals surface area contributed by atoms with Crippen LogP contribution in [-0.4, -0.2) is 13.2 Å². The van der Waals surface area contributed by atoms with Crippen molar-refractivity contribution in [2.24, 2.45) is 23.2 Å². The zero-order valence-electron chi connectivity index (χ0n) is 19.0. The molecule has 32 heavy (non-hydrogen) atoms. The molecule has 0 aliphatic heterocycles. The summed E-state index contributed by atoms with van der Waals surface area (Å²) in [6.07, 6.45) is 8.76. The number of halogens is 2. The van der Waals surface area contributed by atoms with Gasteiger partial charge in [-0.3, -0.25) is 0 Å². The van der Waals surface area contributed by atoms with E-state index in [1.54, 1.807) is 13.2 Å². The first-order valence-corrected chi connectivity index (χ1v) is 12.7. The van der Waals surface area contributed by atoms with E-state index in [0.717, 1.165) is 41.4 Å². The van der Waals surface area contributed by atoms with Crippen molar-refractivity contribution < 1.29 is 9.47 Å². The standard InChI is InChI=1S/C27H33Cl2NO2/c1-17(27-12-19-7-20(13-27)9-21(8-19)14-27)30-15-18-3-6-25(26(10-18)31-2)32-16-22-4-5-23(28)11-24(22)29/h3-6,10-11,17,19-21,30H,7-9,12-16H2,1-2H3/t17-,19?,20?,21?,27?/m0/s1. The Hall–Kier alpha value is -1.42. The van der Waals surface area contributed by atoms with Gasteiger partial charge in [0.25, 0.3) is 0 Å². The van der Waals surface area contributed by atoms with Crippen LogP contribution in [0.15, 0.2) is 36.4 Å². The van der Waals surface area contributed by atoms with Crippen LogP contribution in [0, 0.1) is 23.2 Å². The van der Waals surface area contributed by atoms with Crippen molar-refractivity contribution in [3.05, 3.63) is 57.6 Å². The van der Waals surface area contributed by atoms with Gasteiger partial charge in [-0.25, -0.2) is 0 Å². The number of benzene rings is 2. The molecule has 2 aromatic carbocycles. The monoisotopic (exact) mass is 473 g/mol. The van der Waals surface area contributed by atoms with Crippen LogP contribution in [0.3, 0.4) is 0 Å². The lowest BCUT2D eigenvalue weighted by atomic mass is 9.48. The number of hydrogen-bond acceptors (Lipinski definition) is 3. The molecule has 0 heterocycles. The molecule has 1 N–H and O–H groups in total. The highest BCUT2D eigenvalue weighted by Gasteiger charge is 2.52. The summed E-state index contributed by atoms with van der Waals surface area (Å²) in [6.45, 7) is 3.63. The predicted molar refractivity (Wildman–Crippen MR) is 131 cm³/mol. The first-order chi connectivity index (χ1) is 15.4. The lowest BCUT2D eigenvalue weighted by Gasteiger charge is -2.59. The molecule has 4 aliphatic rings. The van der Waals surface area contributed by atoms with Crippen molar-refractivity contribution in [3.63, 3.8) is 0 Å². The van der Waals surface area contributed by atoms with Crippen LogP contribution in [0.1, 0.15) is 56.6 Å². The average molecular weight is 474 g/mol. The second kappa shape index (κ2) is 9.08. The molecule has 3 nitrogen and oxygen atoms in total. The Bertz CT molecular complexity index is 941. The van der Waals surface area contributed by atoms with Crippen LogP contribution in [0.25, 0.3) is 0 Å². The number of nitrogens with one attached hydrogen (secondary N) is 1. The molecule has 4 fully saturated rings. The maximum atomic E-state index is 6.27. The molecule has 0 spiro atoms. The highest BCUT2D eigenvalue weighted by atomic mass is 35.5. The van der Waals surface area contributed by atoms with Gasteiger partial charge in [0, 0.05) is 28.2 Å². The van der Waals surface area contributed by atoms with E-state index >= 15 is 0 Å². The van der Waals surface area contributed by atoms with Gasteiger partial charge in [-0.2, -0.15) is 0 Å². The Labute approximate surface area is 201 Å². The average Bonchev–Trinajstić information content (AvgIpc) is 2.76. The Morgan fingerprint density at radius 2 is 1.66 bits per heavy atom. The van der Waals surface area contributed by atoms with Crippen molar-refractivity contribution in [2.45, 2.75) is 64.6 Å². The summed E-state index contributed by atoms with van der Waals surface area (Å²) in [7, 11) is 1.69. The van der Waals surface area contributed by atoms with E-state index in [-0.39, 0.29) is 0 Å². The minimum absolute atomic E-state index is 0.368. The summed E-state index contributed by atoms with van der Waals surface area (Å²) < 4.78 is 11.6. The second-order valence-electron chi connectivity index (χ2n) is 10.4. The van der Waals surface area contributed by atoms with Gasteiger partial charge in [0.05, 0.1) is 7.11 Å². The number of rotatable bonds is 8. The van der Waals surface area contributed by atoms with Gasteiger partial charge in [0.2, 0.25) is 0 Å². The number of hydrogen-bond donors (Lipinski definition) is 1. The Kier molecular flexibility index (Phi) is 6.35. The van der Waals surface area contributed by atoms with Crippen LogP contribution in [0.4, 0.5) is 0 Å². The lowest BCUT2D eigenvalue weighted by Crippen LogP contribution is -2.54. The van der Waals surface area contributed by atoms with E-state index in [2.05, 4.69) is 24.4 Å². The quantitative estimate of drug-likeness (QED) is 0.436. The number of ether oxygens (including phenoxy) is 2. The predicted octanol–water partition coefficient (Wildman–Crippen LogP) is 7.28. The summed E-state index contributed by atoms with van der Waals surface area (Å²) in [5.74, 6) is 4.41.